The fraction of sp³-hybridized carbons (Fsp3) is 0.750. The van der Waals surface area contributed by atoms with Crippen LogP contribution in [-0.2, 0) is 16.1 Å². The molecular formula is C24H33N3O3. The molecule has 0 amide bonds. The summed E-state index contributed by atoms with van der Waals surface area (Å²) in [5.41, 5.74) is 2.83. The minimum absolute atomic E-state index is 0.0369. The van der Waals surface area contributed by atoms with Gasteiger partial charge in [-0.3, -0.25) is 4.79 Å². The van der Waals surface area contributed by atoms with E-state index in [0.29, 0.717) is 48.3 Å². The third-order valence-corrected chi connectivity index (χ3v) is 8.85. The van der Waals surface area contributed by atoms with Gasteiger partial charge in [0.25, 0.3) is 0 Å². The second-order valence-electron chi connectivity index (χ2n) is 10.3. The van der Waals surface area contributed by atoms with Gasteiger partial charge in [0.2, 0.25) is 5.89 Å². The molecule has 0 aromatic carbocycles. The molecule has 0 N–H and O–H groups in total. The summed E-state index contributed by atoms with van der Waals surface area (Å²) in [6.45, 7) is 7.00. The first-order chi connectivity index (χ1) is 14.4. The van der Waals surface area contributed by atoms with Crippen molar-refractivity contribution in [3.8, 4) is 0 Å². The number of fused-ring (bicyclic) bond motifs is 5. The van der Waals surface area contributed by atoms with Gasteiger partial charge >= 0.3 is 0 Å². The molecule has 6 nitrogen and oxygen atoms in total. The maximum atomic E-state index is 12.6. The number of aromatic nitrogens is 2. The molecule has 3 fully saturated rings. The Kier molecular flexibility index (Phi) is 4.86. The molecule has 4 aliphatic rings. The van der Waals surface area contributed by atoms with E-state index in [-0.39, 0.29) is 10.8 Å². The van der Waals surface area contributed by atoms with E-state index in [2.05, 4.69) is 35.2 Å². The van der Waals surface area contributed by atoms with E-state index in [1.807, 2.05) is 6.92 Å². The van der Waals surface area contributed by atoms with E-state index in [9.17, 15) is 4.79 Å². The number of ketones is 1. The summed E-state index contributed by atoms with van der Waals surface area (Å²) in [7, 11) is 0. The zero-order chi connectivity index (χ0) is 20.9. The lowest BCUT2D eigenvalue weighted by molar-refractivity contribution is -0.132. The highest BCUT2D eigenvalue weighted by molar-refractivity contribution is 5.96. The summed E-state index contributed by atoms with van der Waals surface area (Å²) in [6, 6.07) is 0. The van der Waals surface area contributed by atoms with Crippen molar-refractivity contribution >= 4 is 11.5 Å². The van der Waals surface area contributed by atoms with Crippen LogP contribution in [0.4, 0.5) is 0 Å². The van der Waals surface area contributed by atoms with Crippen molar-refractivity contribution < 1.29 is 14.2 Å². The van der Waals surface area contributed by atoms with Crippen molar-refractivity contribution in [1.29, 1.82) is 0 Å². The van der Waals surface area contributed by atoms with Crippen LogP contribution in [0.15, 0.2) is 21.3 Å². The van der Waals surface area contributed by atoms with E-state index in [1.54, 1.807) is 5.57 Å². The number of aryl methyl sites for hydroxylation is 1. The van der Waals surface area contributed by atoms with E-state index in [1.165, 1.54) is 12.8 Å². The Hall–Kier alpha value is -1.98. The van der Waals surface area contributed by atoms with Crippen molar-refractivity contribution in [2.75, 3.05) is 6.61 Å². The molecule has 4 aliphatic carbocycles. The van der Waals surface area contributed by atoms with Crippen LogP contribution >= 0.6 is 0 Å². The van der Waals surface area contributed by atoms with Gasteiger partial charge in [-0.2, -0.15) is 4.98 Å². The average molecular weight is 412 g/mol. The number of allylic oxidation sites excluding steroid dienone is 2. The summed E-state index contributed by atoms with van der Waals surface area (Å²) in [6.07, 6.45) is 11.6. The van der Waals surface area contributed by atoms with Crippen molar-refractivity contribution in [2.24, 2.45) is 33.7 Å². The number of hydrogen-bond acceptors (Lipinski definition) is 6. The third-order valence-electron chi connectivity index (χ3n) is 8.85. The van der Waals surface area contributed by atoms with E-state index in [0.717, 1.165) is 44.2 Å². The molecule has 0 bridgehead atoms. The lowest BCUT2D eigenvalue weighted by Gasteiger charge is -2.57. The molecule has 0 aliphatic heterocycles. The molecular weight excluding hydrogens is 378 g/mol. The number of rotatable bonds is 4. The maximum absolute atomic E-state index is 12.6. The van der Waals surface area contributed by atoms with Crippen LogP contribution in [0.3, 0.4) is 0 Å². The number of oxime groups is 1. The zero-order valence-electron chi connectivity index (χ0n) is 18.4. The Labute approximate surface area is 178 Å². The van der Waals surface area contributed by atoms with Gasteiger partial charge in [0.05, 0.1) is 12.1 Å². The fourth-order valence-corrected chi connectivity index (χ4v) is 7.12. The molecule has 1 aromatic heterocycles. The predicted molar refractivity (Wildman–Crippen MR) is 113 cm³/mol. The Balaban J connectivity index is 1.26. The second-order valence-corrected chi connectivity index (χ2v) is 10.3. The average Bonchev–Trinajstić information content (AvgIpc) is 3.28. The smallest absolute Gasteiger partial charge is 0.230 e. The van der Waals surface area contributed by atoms with Gasteiger partial charge in [0, 0.05) is 11.8 Å². The number of hydrogen-bond donors (Lipinski definition) is 0. The molecule has 30 heavy (non-hydrogen) atoms. The highest BCUT2D eigenvalue weighted by Crippen LogP contribution is 2.64. The number of carbonyl (C=O) groups is 1. The highest BCUT2D eigenvalue weighted by Gasteiger charge is 2.58. The maximum Gasteiger partial charge on any atom is 0.230 e. The number of nitrogens with zero attached hydrogens (tertiary/aromatic N) is 3. The molecule has 5 rings (SSSR count). The highest BCUT2D eigenvalue weighted by atomic mass is 16.6. The number of Topliss-reactive ketones (excluding diaryl/α,β-unsaturated/α-hetero) is 1. The lowest BCUT2D eigenvalue weighted by atomic mass is 9.47. The summed E-state index contributed by atoms with van der Waals surface area (Å²) in [5, 5.41) is 8.20. The van der Waals surface area contributed by atoms with E-state index < -0.39 is 0 Å². The molecule has 1 heterocycles. The first-order valence-electron chi connectivity index (χ1n) is 11.6. The zero-order valence-corrected chi connectivity index (χ0v) is 18.4. The minimum Gasteiger partial charge on any atom is -0.395 e. The van der Waals surface area contributed by atoms with Gasteiger partial charge in [-0.25, -0.2) is 0 Å². The van der Waals surface area contributed by atoms with Gasteiger partial charge in [-0.15, -0.1) is 0 Å². The van der Waals surface area contributed by atoms with Crippen molar-refractivity contribution in [2.45, 2.75) is 78.6 Å². The van der Waals surface area contributed by atoms with Crippen molar-refractivity contribution in [3.63, 3.8) is 0 Å². The molecule has 0 saturated heterocycles. The lowest BCUT2D eigenvalue weighted by Crippen LogP contribution is -2.50. The third kappa shape index (κ3) is 3.14. The minimum atomic E-state index is -0.0369. The normalized spacial score (nSPS) is 39.3. The van der Waals surface area contributed by atoms with Crippen molar-refractivity contribution in [3.05, 3.63) is 23.4 Å². The topological polar surface area (TPSA) is 77.6 Å². The summed E-state index contributed by atoms with van der Waals surface area (Å²) in [5.74, 6) is 3.80. The van der Waals surface area contributed by atoms with Gasteiger partial charge in [-0.05, 0) is 81.1 Å². The number of carbonyl (C=O) groups excluding carboxylic acids is 1. The van der Waals surface area contributed by atoms with Crippen LogP contribution in [0, 0.1) is 35.5 Å². The Morgan fingerprint density at radius 2 is 1.97 bits per heavy atom. The Bertz CT molecular complexity index is 903. The second kappa shape index (κ2) is 7.31. The quantitative estimate of drug-likeness (QED) is 0.524. The Morgan fingerprint density at radius 3 is 2.77 bits per heavy atom. The van der Waals surface area contributed by atoms with Crippen LogP contribution < -0.4 is 0 Å². The van der Waals surface area contributed by atoms with Gasteiger partial charge in [0.1, 0.15) is 12.4 Å². The van der Waals surface area contributed by atoms with Crippen LogP contribution in [0.25, 0.3) is 0 Å². The Morgan fingerprint density at radius 1 is 1.13 bits per heavy atom. The molecule has 5 atom stereocenters. The summed E-state index contributed by atoms with van der Waals surface area (Å²) >= 11 is 0. The van der Waals surface area contributed by atoms with Crippen molar-refractivity contribution in [1.82, 2.24) is 10.1 Å². The van der Waals surface area contributed by atoms with Crippen LogP contribution in [-0.4, -0.2) is 28.2 Å². The molecule has 0 spiro atoms. The molecule has 162 valence electrons. The monoisotopic (exact) mass is 411 g/mol. The SMILES string of the molecule is Cc1noc(CCO/N=C2/C=C3CCC4C(CC[C@]5(C)C(=O)CCC45)[C@@]3(C)CC2)n1. The molecule has 3 unspecified atom stereocenters. The fourth-order valence-electron chi connectivity index (χ4n) is 7.12. The molecule has 6 heteroatoms. The first kappa shape index (κ1) is 20.0. The molecule has 1 aromatic rings. The van der Waals surface area contributed by atoms with Crippen LogP contribution in [0.5, 0.6) is 0 Å². The summed E-state index contributed by atoms with van der Waals surface area (Å²) < 4.78 is 5.11. The first-order valence-corrected chi connectivity index (χ1v) is 11.6. The summed E-state index contributed by atoms with van der Waals surface area (Å²) in [4.78, 5) is 22.3. The molecule has 3 saturated carbocycles. The van der Waals surface area contributed by atoms with E-state index in [4.69, 9.17) is 9.36 Å². The van der Waals surface area contributed by atoms with Crippen LogP contribution in [0.2, 0.25) is 0 Å². The predicted octanol–water partition coefficient (Wildman–Crippen LogP) is 4.83. The standard InChI is InChI=1S/C24H33N3O3/c1-15-25-22(30-26-15)10-13-29-27-17-8-11-23(2)16(14-17)4-5-18-19-6-7-21(28)24(19,3)12-9-20(18)23/h14,18-20H,4-13H2,1-3H3/b27-17+/t18?,19?,20?,23-,24-/m0/s1. The van der Waals surface area contributed by atoms with Crippen LogP contribution in [0.1, 0.15) is 76.9 Å². The van der Waals surface area contributed by atoms with Gasteiger partial charge in [-0.1, -0.05) is 29.7 Å². The van der Waals surface area contributed by atoms with Gasteiger partial charge in [0.15, 0.2) is 5.82 Å². The van der Waals surface area contributed by atoms with E-state index >= 15 is 0 Å². The largest absolute Gasteiger partial charge is 0.395 e. The van der Waals surface area contributed by atoms with Gasteiger partial charge < -0.3 is 9.36 Å². The molecule has 0 radical (unpaired) electrons.